The highest BCUT2D eigenvalue weighted by Crippen LogP contribution is 2.30. The van der Waals surface area contributed by atoms with Gasteiger partial charge in [-0.2, -0.15) is 0 Å². The van der Waals surface area contributed by atoms with Crippen LogP contribution in [0, 0.1) is 0 Å². The highest BCUT2D eigenvalue weighted by Gasteiger charge is 2.14. The molecule has 0 saturated heterocycles. The van der Waals surface area contributed by atoms with Crippen molar-refractivity contribution in [2.24, 2.45) is 10.7 Å². The average molecular weight is 446 g/mol. The topological polar surface area (TPSA) is 60.1 Å². The van der Waals surface area contributed by atoms with E-state index in [4.69, 9.17) is 15.2 Å². The van der Waals surface area contributed by atoms with Crippen molar-refractivity contribution in [2.45, 2.75) is 19.3 Å². The lowest BCUT2D eigenvalue weighted by molar-refractivity contribution is 0.408. The summed E-state index contributed by atoms with van der Waals surface area (Å²) >= 11 is 3.56. The molecule has 2 aromatic rings. The van der Waals surface area contributed by atoms with Crippen LogP contribution in [-0.2, 0) is 6.42 Å². The van der Waals surface area contributed by atoms with Gasteiger partial charge in [0, 0.05) is 30.2 Å². The molecule has 0 aliphatic carbocycles. The zero-order valence-corrected chi connectivity index (χ0v) is 18.4. The number of benzene rings is 2. The number of rotatable bonds is 8. The second-order valence-electron chi connectivity index (χ2n) is 6.25. The van der Waals surface area contributed by atoms with Crippen molar-refractivity contribution < 1.29 is 9.47 Å². The first-order valence-corrected chi connectivity index (χ1v) is 9.95. The molecule has 0 bridgehead atoms. The summed E-state index contributed by atoms with van der Waals surface area (Å²) < 4.78 is 11.9. The Labute approximate surface area is 176 Å². The summed E-state index contributed by atoms with van der Waals surface area (Å²) in [6.45, 7) is 2.79. The second kappa shape index (κ2) is 10.8. The number of ether oxygens (including phenoxy) is 2. The summed E-state index contributed by atoms with van der Waals surface area (Å²) in [5, 5.41) is 0. The Morgan fingerprint density at radius 1 is 1.18 bits per heavy atom. The van der Waals surface area contributed by atoms with Gasteiger partial charge in [-0.3, -0.25) is 4.99 Å². The van der Waals surface area contributed by atoms with E-state index in [-0.39, 0.29) is 5.92 Å². The SMILES string of the molecule is CCN(/C=C/C(Cc1cc(Br)ccc1OC)c1ccc(OC)cc1)C(N)=NC. The number of nitrogens with two attached hydrogens (primary N) is 1. The first-order chi connectivity index (χ1) is 13.5. The van der Waals surface area contributed by atoms with E-state index in [0.717, 1.165) is 34.5 Å². The quantitative estimate of drug-likeness (QED) is 0.477. The van der Waals surface area contributed by atoms with Crippen LogP contribution in [0.2, 0.25) is 0 Å². The molecule has 1 atom stereocenters. The molecule has 28 heavy (non-hydrogen) atoms. The molecule has 0 aromatic heterocycles. The molecule has 0 aliphatic heterocycles. The average Bonchev–Trinajstić information content (AvgIpc) is 2.73. The largest absolute Gasteiger partial charge is 0.497 e. The van der Waals surface area contributed by atoms with Crippen molar-refractivity contribution >= 4 is 21.9 Å². The molecular weight excluding hydrogens is 418 g/mol. The molecule has 6 heteroatoms. The van der Waals surface area contributed by atoms with Crippen molar-refractivity contribution in [3.63, 3.8) is 0 Å². The maximum Gasteiger partial charge on any atom is 0.195 e. The van der Waals surface area contributed by atoms with Crippen molar-refractivity contribution in [3.8, 4) is 11.5 Å². The predicted molar refractivity (Wildman–Crippen MR) is 119 cm³/mol. The minimum absolute atomic E-state index is 0.132. The number of hydrogen-bond acceptors (Lipinski definition) is 3. The Morgan fingerprint density at radius 2 is 1.89 bits per heavy atom. The Balaban J connectivity index is 2.39. The molecule has 0 radical (unpaired) electrons. The number of halogens is 1. The minimum atomic E-state index is 0.132. The monoisotopic (exact) mass is 445 g/mol. The smallest absolute Gasteiger partial charge is 0.195 e. The summed E-state index contributed by atoms with van der Waals surface area (Å²) in [6, 6.07) is 14.2. The third kappa shape index (κ3) is 5.76. The van der Waals surface area contributed by atoms with Crippen LogP contribution in [-0.4, -0.2) is 38.7 Å². The third-order valence-corrected chi connectivity index (χ3v) is 5.08. The van der Waals surface area contributed by atoms with E-state index in [0.29, 0.717) is 5.96 Å². The number of nitrogens with zero attached hydrogens (tertiary/aromatic N) is 2. The van der Waals surface area contributed by atoms with Crippen molar-refractivity contribution in [2.75, 3.05) is 27.8 Å². The van der Waals surface area contributed by atoms with Crippen LogP contribution in [0.5, 0.6) is 11.5 Å². The summed E-state index contributed by atoms with van der Waals surface area (Å²) in [7, 11) is 5.06. The molecule has 0 saturated carbocycles. The van der Waals surface area contributed by atoms with Crippen LogP contribution in [0.15, 0.2) is 64.2 Å². The lowest BCUT2D eigenvalue weighted by Gasteiger charge is -2.20. The Morgan fingerprint density at radius 3 is 2.46 bits per heavy atom. The normalized spacial score (nSPS) is 12.8. The van der Waals surface area contributed by atoms with E-state index >= 15 is 0 Å². The van der Waals surface area contributed by atoms with E-state index in [2.05, 4.69) is 45.2 Å². The van der Waals surface area contributed by atoms with Crippen LogP contribution >= 0.6 is 15.9 Å². The molecule has 1 unspecified atom stereocenters. The van der Waals surface area contributed by atoms with Gasteiger partial charge in [-0.25, -0.2) is 0 Å². The maximum atomic E-state index is 5.99. The Bertz CT molecular complexity index is 819. The van der Waals surface area contributed by atoms with Gasteiger partial charge in [-0.15, -0.1) is 0 Å². The fraction of sp³-hybridized carbons (Fsp3) is 0.318. The summed E-state index contributed by atoms with van der Waals surface area (Å²) in [4.78, 5) is 6.01. The zero-order valence-electron chi connectivity index (χ0n) is 16.9. The van der Waals surface area contributed by atoms with Crippen LogP contribution < -0.4 is 15.2 Å². The van der Waals surface area contributed by atoms with Gasteiger partial charge in [0.05, 0.1) is 14.2 Å². The third-order valence-electron chi connectivity index (χ3n) is 4.59. The molecule has 0 aliphatic rings. The van der Waals surface area contributed by atoms with Gasteiger partial charge < -0.3 is 20.1 Å². The number of hydrogen-bond donors (Lipinski definition) is 1. The van der Waals surface area contributed by atoms with Crippen LogP contribution in [0.3, 0.4) is 0 Å². The van der Waals surface area contributed by atoms with E-state index in [1.807, 2.05) is 42.3 Å². The molecular formula is C22H28BrN3O2. The summed E-state index contributed by atoms with van der Waals surface area (Å²) in [5.41, 5.74) is 8.30. The van der Waals surface area contributed by atoms with E-state index in [1.165, 1.54) is 5.56 Å². The first kappa shape index (κ1) is 21.8. The molecule has 2 aromatic carbocycles. The fourth-order valence-corrected chi connectivity index (χ4v) is 3.38. The van der Waals surface area contributed by atoms with Gasteiger partial charge in [-0.1, -0.05) is 34.1 Å². The molecule has 0 amide bonds. The number of allylic oxidation sites excluding steroid dienone is 1. The number of methoxy groups -OCH3 is 2. The lowest BCUT2D eigenvalue weighted by Crippen LogP contribution is -2.32. The highest BCUT2D eigenvalue weighted by atomic mass is 79.9. The van der Waals surface area contributed by atoms with Crippen LogP contribution in [0.25, 0.3) is 0 Å². The van der Waals surface area contributed by atoms with Gasteiger partial charge in [0.2, 0.25) is 0 Å². The van der Waals surface area contributed by atoms with E-state index in [9.17, 15) is 0 Å². The van der Waals surface area contributed by atoms with Crippen molar-refractivity contribution in [3.05, 3.63) is 70.3 Å². The van der Waals surface area contributed by atoms with Crippen molar-refractivity contribution in [1.82, 2.24) is 4.90 Å². The van der Waals surface area contributed by atoms with Crippen LogP contribution in [0.4, 0.5) is 0 Å². The molecule has 0 heterocycles. The van der Waals surface area contributed by atoms with Crippen LogP contribution in [0.1, 0.15) is 24.0 Å². The second-order valence-corrected chi connectivity index (χ2v) is 7.16. The van der Waals surface area contributed by atoms with Gasteiger partial charge in [0.1, 0.15) is 11.5 Å². The first-order valence-electron chi connectivity index (χ1n) is 9.15. The van der Waals surface area contributed by atoms with Gasteiger partial charge >= 0.3 is 0 Å². The van der Waals surface area contributed by atoms with Gasteiger partial charge in [0.15, 0.2) is 5.96 Å². The van der Waals surface area contributed by atoms with Gasteiger partial charge in [0.25, 0.3) is 0 Å². The fourth-order valence-electron chi connectivity index (χ4n) is 2.97. The van der Waals surface area contributed by atoms with Gasteiger partial charge in [-0.05, 0) is 54.8 Å². The molecule has 2 N–H and O–H groups in total. The Kier molecular flexibility index (Phi) is 8.39. The number of guanidine groups is 1. The molecule has 150 valence electrons. The summed E-state index contributed by atoms with van der Waals surface area (Å²) in [6.07, 6.45) is 4.94. The van der Waals surface area contributed by atoms with Crippen molar-refractivity contribution in [1.29, 1.82) is 0 Å². The number of aliphatic imine (C=N–C) groups is 1. The molecule has 2 rings (SSSR count). The summed E-state index contributed by atoms with van der Waals surface area (Å²) in [5.74, 6) is 2.33. The van der Waals surface area contributed by atoms with E-state index < -0.39 is 0 Å². The zero-order chi connectivity index (χ0) is 20.5. The predicted octanol–water partition coefficient (Wildman–Crippen LogP) is 4.57. The highest BCUT2D eigenvalue weighted by molar-refractivity contribution is 9.10. The Hall–Kier alpha value is -2.47. The molecule has 5 nitrogen and oxygen atoms in total. The standard InChI is InChI=1S/C22H28BrN3O2/c1-5-26(22(24)25-2)13-12-17(16-6-9-20(27-3)10-7-16)14-18-15-19(23)8-11-21(18)28-4/h6-13,15,17H,5,14H2,1-4H3,(H2,24,25)/b13-12+. The lowest BCUT2D eigenvalue weighted by atomic mass is 9.91. The minimum Gasteiger partial charge on any atom is -0.497 e. The molecule has 0 fully saturated rings. The maximum absolute atomic E-state index is 5.99. The van der Waals surface area contributed by atoms with E-state index in [1.54, 1.807) is 21.3 Å². The molecule has 0 spiro atoms.